The molecular weight excluding hydrogens is 463 g/mol. The summed E-state index contributed by atoms with van der Waals surface area (Å²) in [5.41, 5.74) is 6.39. The minimum Gasteiger partial charge on any atom is -0.393 e. The molecule has 2 aliphatic heterocycles. The Balaban J connectivity index is 1.23. The second kappa shape index (κ2) is 8.16. The van der Waals surface area contributed by atoms with Crippen LogP contribution >= 0.6 is 0 Å². The van der Waals surface area contributed by atoms with E-state index in [1.165, 1.54) is 33.3 Å². The van der Waals surface area contributed by atoms with E-state index in [4.69, 9.17) is 0 Å². The van der Waals surface area contributed by atoms with Gasteiger partial charge in [-0.15, -0.1) is 0 Å². The minimum atomic E-state index is -1.29. The van der Waals surface area contributed by atoms with Gasteiger partial charge in [0.05, 0.1) is 12.1 Å². The molecule has 7 rings (SSSR count). The van der Waals surface area contributed by atoms with Gasteiger partial charge in [-0.2, -0.15) is 0 Å². The highest BCUT2D eigenvalue weighted by atomic mass is 19.1. The molecule has 0 bridgehead atoms. The third-order valence-electron chi connectivity index (χ3n) is 8.94. The number of rotatable bonds is 5. The monoisotopic (exact) mass is 500 g/mol. The van der Waals surface area contributed by atoms with Crippen LogP contribution in [-0.4, -0.2) is 62.3 Å². The summed E-state index contributed by atoms with van der Waals surface area (Å²) < 4.78 is 15.1. The fourth-order valence-electron chi connectivity index (χ4n) is 7.47. The largest absolute Gasteiger partial charge is 0.393 e. The maximum atomic E-state index is 15.1. The Bertz CT molecular complexity index is 1470. The highest BCUT2D eigenvalue weighted by Crippen LogP contribution is 2.48. The van der Waals surface area contributed by atoms with Crippen molar-refractivity contribution in [1.82, 2.24) is 19.8 Å². The lowest BCUT2D eigenvalue weighted by Crippen LogP contribution is -2.63. The van der Waals surface area contributed by atoms with Crippen molar-refractivity contribution in [2.75, 3.05) is 19.6 Å². The van der Waals surface area contributed by atoms with Gasteiger partial charge in [0.1, 0.15) is 5.67 Å². The lowest BCUT2D eigenvalue weighted by Gasteiger charge is -2.57. The average molecular weight is 501 g/mol. The number of hydrogen-bond donors (Lipinski definition) is 3. The number of likely N-dealkylation sites (tertiary alicyclic amines) is 1. The molecule has 2 aromatic carbocycles. The van der Waals surface area contributed by atoms with Crippen LogP contribution in [0, 0.1) is 5.41 Å². The van der Waals surface area contributed by atoms with Crippen molar-refractivity contribution >= 4 is 21.8 Å². The normalized spacial score (nSPS) is 24.5. The van der Waals surface area contributed by atoms with Crippen LogP contribution in [0.3, 0.4) is 0 Å². The molecule has 2 atom stereocenters. The van der Waals surface area contributed by atoms with Gasteiger partial charge in [0.15, 0.2) is 0 Å². The van der Waals surface area contributed by atoms with Crippen LogP contribution in [-0.2, 0) is 13.0 Å². The lowest BCUT2D eigenvalue weighted by atomic mass is 9.62. The van der Waals surface area contributed by atoms with Gasteiger partial charge in [0, 0.05) is 70.8 Å². The molecule has 0 amide bonds. The zero-order chi connectivity index (χ0) is 25.5. The summed E-state index contributed by atoms with van der Waals surface area (Å²) in [6.07, 6.45) is 2.75. The summed E-state index contributed by atoms with van der Waals surface area (Å²) in [6.45, 7) is 9.07. The SMILES string of the molecule is C[C@@H]1Cc2c([nH]c3ccccc23)[C@@H](c2ccc3[nH]c(CN4CC5(CC(O)C5)C4)cc3c2)N1CC(C)(C)F. The van der Waals surface area contributed by atoms with E-state index in [2.05, 4.69) is 75.2 Å². The molecule has 4 aromatic rings. The van der Waals surface area contributed by atoms with Gasteiger partial charge in [-0.3, -0.25) is 9.80 Å². The second-order valence-electron chi connectivity index (χ2n) is 12.8. The maximum absolute atomic E-state index is 15.1. The fraction of sp³-hybridized carbons (Fsp3) is 0.484. The Morgan fingerprint density at radius 3 is 2.59 bits per heavy atom. The quantitative estimate of drug-likeness (QED) is 0.330. The first-order chi connectivity index (χ1) is 17.7. The predicted octanol–water partition coefficient (Wildman–Crippen LogP) is 5.69. The van der Waals surface area contributed by atoms with Crippen LogP contribution < -0.4 is 0 Å². The zero-order valence-corrected chi connectivity index (χ0v) is 22.0. The fourth-order valence-corrected chi connectivity index (χ4v) is 7.47. The van der Waals surface area contributed by atoms with Crippen LogP contribution in [0.15, 0.2) is 48.5 Å². The third kappa shape index (κ3) is 4.01. The molecule has 0 unspecified atom stereocenters. The first kappa shape index (κ1) is 23.4. The topological polar surface area (TPSA) is 58.3 Å². The number of fused-ring (bicyclic) bond motifs is 4. The summed E-state index contributed by atoms with van der Waals surface area (Å²) >= 11 is 0. The van der Waals surface area contributed by atoms with Gasteiger partial charge in [0.25, 0.3) is 0 Å². The van der Waals surface area contributed by atoms with Crippen molar-refractivity contribution in [3.63, 3.8) is 0 Å². The number of aromatic amines is 2. The molecule has 1 saturated carbocycles. The number of halogens is 1. The molecule has 5 nitrogen and oxygen atoms in total. The molecule has 2 fully saturated rings. The molecule has 2 aromatic heterocycles. The maximum Gasteiger partial charge on any atom is 0.118 e. The average Bonchev–Trinajstić information content (AvgIpc) is 3.36. The third-order valence-corrected chi connectivity index (χ3v) is 8.94. The first-order valence-electron chi connectivity index (χ1n) is 13.7. The molecule has 194 valence electrons. The summed E-state index contributed by atoms with van der Waals surface area (Å²) in [5.74, 6) is 0. The van der Waals surface area contributed by atoms with E-state index < -0.39 is 5.67 Å². The number of aliphatic hydroxyl groups is 1. The molecule has 1 saturated heterocycles. The summed E-state index contributed by atoms with van der Waals surface area (Å²) in [6, 6.07) is 17.7. The van der Waals surface area contributed by atoms with E-state index in [1.807, 2.05) is 0 Å². The van der Waals surface area contributed by atoms with Crippen molar-refractivity contribution in [3.8, 4) is 0 Å². The summed E-state index contributed by atoms with van der Waals surface area (Å²) in [5, 5.41) is 12.2. The second-order valence-corrected chi connectivity index (χ2v) is 12.8. The Morgan fingerprint density at radius 1 is 1.05 bits per heavy atom. The Labute approximate surface area is 217 Å². The van der Waals surface area contributed by atoms with E-state index in [1.54, 1.807) is 13.8 Å². The number of H-pyrrole nitrogens is 2. The molecule has 1 aliphatic carbocycles. The Hall–Kier alpha value is -2.67. The van der Waals surface area contributed by atoms with Gasteiger partial charge in [-0.05, 0) is 75.4 Å². The van der Waals surface area contributed by atoms with E-state index in [9.17, 15) is 5.11 Å². The van der Waals surface area contributed by atoms with Gasteiger partial charge in [0.2, 0.25) is 0 Å². The lowest BCUT2D eigenvalue weighted by molar-refractivity contribution is -0.131. The number of nitrogens with one attached hydrogen (secondary N) is 2. The number of nitrogens with zero attached hydrogens (tertiary/aromatic N) is 2. The van der Waals surface area contributed by atoms with Crippen molar-refractivity contribution in [2.45, 2.75) is 70.4 Å². The van der Waals surface area contributed by atoms with Crippen LogP contribution in [0.25, 0.3) is 21.8 Å². The highest BCUT2D eigenvalue weighted by Gasteiger charge is 2.51. The van der Waals surface area contributed by atoms with Gasteiger partial charge >= 0.3 is 0 Å². The summed E-state index contributed by atoms with van der Waals surface area (Å²) in [7, 11) is 0. The molecule has 1 spiro atoms. The number of aromatic nitrogens is 2. The van der Waals surface area contributed by atoms with E-state index in [0.29, 0.717) is 12.0 Å². The van der Waals surface area contributed by atoms with Crippen molar-refractivity contribution in [2.24, 2.45) is 5.41 Å². The molecule has 0 radical (unpaired) electrons. The number of aliphatic hydroxyl groups excluding tert-OH is 1. The minimum absolute atomic E-state index is 0.0239. The van der Waals surface area contributed by atoms with Gasteiger partial charge in [-0.1, -0.05) is 24.3 Å². The standard InChI is InChI=1S/C31H37FN4O/c1-19-10-25-24-6-4-5-7-27(24)34-28(25)29(36(19)16-30(2,3)32)20-8-9-26-21(11-20)12-22(33-26)15-35-17-31(18-35)13-23(37)14-31/h4-9,11-12,19,23,29,33-34,37H,10,13-18H2,1-3H3/t19-,29-/m1/s1. The van der Waals surface area contributed by atoms with Crippen LogP contribution in [0.1, 0.15) is 62.2 Å². The molecule has 3 aliphatic rings. The van der Waals surface area contributed by atoms with E-state index in [0.717, 1.165) is 49.9 Å². The van der Waals surface area contributed by atoms with Crippen LogP contribution in [0.2, 0.25) is 0 Å². The molecule has 3 N–H and O–H groups in total. The van der Waals surface area contributed by atoms with E-state index in [-0.39, 0.29) is 18.2 Å². The predicted molar refractivity (Wildman–Crippen MR) is 146 cm³/mol. The first-order valence-corrected chi connectivity index (χ1v) is 13.7. The number of para-hydroxylation sites is 1. The van der Waals surface area contributed by atoms with Crippen LogP contribution in [0.4, 0.5) is 4.39 Å². The molecule has 4 heterocycles. The van der Waals surface area contributed by atoms with Gasteiger partial charge in [-0.25, -0.2) is 4.39 Å². The summed E-state index contributed by atoms with van der Waals surface area (Å²) in [4.78, 5) is 12.2. The smallest absolute Gasteiger partial charge is 0.118 e. The van der Waals surface area contributed by atoms with E-state index >= 15 is 4.39 Å². The Morgan fingerprint density at radius 2 is 1.84 bits per heavy atom. The van der Waals surface area contributed by atoms with Crippen molar-refractivity contribution in [3.05, 3.63) is 71.0 Å². The van der Waals surface area contributed by atoms with Crippen molar-refractivity contribution < 1.29 is 9.50 Å². The Kier molecular flexibility index (Phi) is 5.17. The van der Waals surface area contributed by atoms with Crippen molar-refractivity contribution in [1.29, 1.82) is 0 Å². The molecule has 37 heavy (non-hydrogen) atoms. The zero-order valence-electron chi connectivity index (χ0n) is 22.0. The van der Waals surface area contributed by atoms with Gasteiger partial charge < -0.3 is 15.1 Å². The molecular formula is C31H37FN4O. The highest BCUT2D eigenvalue weighted by molar-refractivity contribution is 5.86. The number of benzene rings is 2. The van der Waals surface area contributed by atoms with Crippen LogP contribution in [0.5, 0.6) is 0 Å². The number of hydrogen-bond acceptors (Lipinski definition) is 3. The molecule has 6 heteroatoms. The number of alkyl halides is 1.